The molecule has 0 atom stereocenters. The smallest absolute Gasteiger partial charge is 0.130 e. The van der Waals surface area contributed by atoms with E-state index >= 15 is 0 Å². The normalized spacial score (nSPS) is 10.8. The molecule has 0 amide bonds. The third-order valence-corrected chi connectivity index (χ3v) is 3.60. The highest BCUT2D eigenvalue weighted by Gasteiger charge is 2.07. The summed E-state index contributed by atoms with van der Waals surface area (Å²) in [6.45, 7) is 0. The lowest BCUT2D eigenvalue weighted by atomic mass is 10.0. The second-order valence-electron chi connectivity index (χ2n) is 3.89. The standard InChI is InChI=1S/C14H8ClIN2/c15-14-8-11(9-3-5-17-6-4-9)12-7-10(16)1-2-13(12)18-14/h1-8H. The van der Waals surface area contributed by atoms with E-state index in [1.807, 2.05) is 30.3 Å². The van der Waals surface area contributed by atoms with Crippen molar-refractivity contribution in [3.8, 4) is 11.1 Å². The van der Waals surface area contributed by atoms with Crippen LogP contribution in [0.5, 0.6) is 0 Å². The Labute approximate surface area is 123 Å². The van der Waals surface area contributed by atoms with Crippen LogP contribution in [0, 0.1) is 3.57 Å². The van der Waals surface area contributed by atoms with Crippen molar-refractivity contribution in [3.63, 3.8) is 0 Å². The van der Waals surface area contributed by atoms with Gasteiger partial charge in [0.1, 0.15) is 5.15 Å². The molecule has 3 aromatic rings. The maximum atomic E-state index is 6.08. The van der Waals surface area contributed by atoms with Crippen LogP contribution >= 0.6 is 34.2 Å². The monoisotopic (exact) mass is 366 g/mol. The lowest BCUT2D eigenvalue weighted by Crippen LogP contribution is -1.87. The van der Waals surface area contributed by atoms with Crippen molar-refractivity contribution in [2.75, 3.05) is 0 Å². The van der Waals surface area contributed by atoms with E-state index < -0.39 is 0 Å². The second kappa shape index (κ2) is 4.82. The van der Waals surface area contributed by atoms with E-state index in [0.717, 1.165) is 22.0 Å². The summed E-state index contributed by atoms with van der Waals surface area (Å²) in [4.78, 5) is 8.39. The number of benzene rings is 1. The molecule has 0 N–H and O–H groups in total. The molecule has 2 heterocycles. The highest BCUT2D eigenvalue weighted by molar-refractivity contribution is 14.1. The van der Waals surface area contributed by atoms with E-state index in [0.29, 0.717) is 5.15 Å². The molecule has 3 rings (SSSR count). The van der Waals surface area contributed by atoms with Crippen LogP contribution < -0.4 is 0 Å². The average molecular weight is 367 g/mol. The van der Waals surface area contributed by atoms with Crippen LogP contribution in [0.4, 0.5) is 0 Å². The summed E-state index contributed by atoms with van der Waals surface area (Å²) in [6, 6.07) is 12.0. The van der Waals surface area contributed by atoms with Gasteiger partial charge in [-0.25, -0.2) is 4.98 Å². The fraction of sp³-hybridized carbons (Fsp3) is 0. The van der Waals surface area contributed by atoms with Crippen LogP contribution in [-0.2, 0) is 0 Å². The van der Waals surface area contributed by atoms with E-state index in [9.17, 15) is 0 Å². The summed E-state index contributed by atoms with van der Waals surface area (Å²) in [5.41, 5.74) is 3.10. The molecule has 0 aliphatic rings. The van der Waals surface area contributed by atoms with Crippen LogP contribution in [0.1, 0.15) is 0 Å². The number of fused-ring (bicyclic) bond motifs is 1. The first-order chi connectivity index (χ1) is 8.74. The predicted octanol–water partition coefficient (Wildman–Crippen LogP) is 4.55. The number of aromatic nitrogens is 2. The Kier molecular flexibility index (Phi) is 3.18. The first-order valence-electron chi connectivity index (χ1n) is 5.40. The molecule has 0 saturated carbocycles. The molecule has 18 heavy (non-hydrogen) atoms. The third kappa shape index (κ3) is 2.20. The number of pyridine rings is 2. The SMILES string of the molecule is Clc1cc(-c2ccncc2)c2cc(I)ccc2n1. The van der Waals surface area contributed by atoms with Crippen molar-refractivity contribution < 1.29 is 0 Å². The van der Waals surface area contributed by atoms with Gasteiger partial charge in [-0.05, 0) is 70.1 Å². The van der Waals surface area contributed by atoms with Crippen molar-refractivity contribution in [2.45, 2.75) is 0 Å². The van der Waals surface area contributed by atoms with E-state index in [1.54, 1.807) is 12.4 Å². The molecular weight excluding hydrogens is 359 g/mol. The molecule has 4 heteroatoms. The Bertz CT molecular complexity index is 714. The molecular formula is C14H8ClIN2. The molecule has 88 valence electrons. The fourth-order valence-electron chi connectivity index (χ4n) is 1.94. The first-order valence-corrected chi connectivity index (χ1v) is 6.86. The van der Waals surface area contributed by atoms with Crippen LogP contribution in [0.2, 0.25) is 5.15 Å². The number of rotatable bonds is 1. The minimum absolute atomic E-state index is 0.510. The van der Waals surface area contributed by atoms with Gasteiger partial charge in [-0.3, -0.25) is 4.98 Å². The molecule has 0 fully saturated rings. The topological polar surface area (TPSA) is 25.8 Å². The van der Waals surface area contributed by atoms with Gasteiger partial charge in [0, 0.05) is 21.4 Å². The van der Waals surface area contributed by atoms with E-state index in [-0.39, 0.29) is 0 Å². The lowest BCUT2D eigenvalue weighted by molar-refractivity contribution is 1.33. The zero-order chi connectivity index (χ0) is 12.5. The van der Waals surface area contributed by atoms with Gasteiger partial charge in [-0.15, -0.1) is 0 Å². The van der Waals surface area contributed by atoms with Crippen molar-refractivity contribution in [1.29, 1.82) is 0 Å². The number of nitrogens with zero attached hydrogens (tertiary/aromatic N) is 2. The molecule has 0 spiro atoms. The maximum absolute atomic E-state index is 6.08. The molecule has 2 aromatic heterocycles. The Balaban J connectivity index is 2.37. The summed E-state index contributed by atoms with van der Waals surface area (Å²) in [6.07, 6.45) is 3.56. The predicted molar refractivity (Wildman–Crippen MR) is 82.7 cm³/mol. The minimum Gasteiger partial charge on any atom is -0.265 e. The van der Waals surface area contributed by atoms with Crippen LogP contribution in [0.15, 0.2) is 48.8 Å². The largest absolute Gasteiger partial charge is 0.265 e. The van der Waals surface area contributed by atoms with Crippen molar-refractivity contribution in [3.05, 3.63) is 57.5 Å². The van der Waals surface area contributed by atoms with Gasteiger partial charge in [0.05, 0.1) is 5.52 Å². The number of halogens is 2. The summed E-state index contributed by atoms with van der Waals surface area (Å²) in [5, 5.41) is 1.62. The highest BCUT2D eigenvalue weighted by atomic mass is 127. The maximum Gasteiger partial charge on any atom is 0.130 e. The highest BCUT2D eigenvalue weighted by Crippen LogP contribution is 2.30. The van der Waals surface area contributed by atoms with Gasteiger partial charge in [0.2, 0.25) is 0 Å². The molecule has 0 aliphatic carbocycles. The molecule has 2 nitrogen and oxygen atoms in total. The molecule has 0 unspecified atom stereocenters. The fourth-order valence-corrected chi connectivity index (χ4v) is 2.63. The minimum atomic E-state index is 0.510. The van der Waals surface area contributed by atoms with Crippen LogP contribution in [-0.4, -0.2) is 9.97 Å². The van der Waals surface area contributed by atoms with Gasteiger partial charge in [0.15, 0.2) is 0 Å². The summed E-state index contributed by atoms with van der Waals surface area (Å²) in [7, 11) is 0. The summed E-state index contributed by atoms with van der Waals surface area (Å²) in [5.74, 6) is 0. The van der Waals surface area contributed by atoms with E-state index in [1.165, 1.54) is 3.57 Å². The Morgan fingerprint density at radius 1 is 1.00 bits per heavy atom. The third-order valence-electron chi connectivity index (χ3n) is 2.73. The second-order valence-corrected chi connectivity index (χ2v) is 5.52. The zero-order valence-corrected chi connectivity index (χ0v) is 12.2. The van der Waals surface area contributed by atoms with Crippen molar-refractivity contribution >= 4 is 45.1 Å². The Morgan fingerprint density at radius 2 is 1.78 bits per heavy atom. The summed E-state index contributed by atoms with van der Waals surface area (Å²) >= 11 is 8.38. The molecule has 0 saturated heterocycles. The zero-order valence-electron chi connectivity index (χ0n) is 9.27. The van der Waals surface area contributed by atoms with Crippen LogP contribution in [0.25, 0.3) is 22.0 Å². The molecule has 0 radical (unpaired) electrons. The van der Waals surface area contributed by atoms with Gasteiger partial charge in [-0.1, -0.05) is 11.6 Å². The quantitative estimate of drug-likeness (QED) is 0.466. The molecule has 1 aromatic carbocycles. The van der Waals surface area contributed by atoms with Gasteiger partial charge in [-0.2, -0.15) is 0 Å². The Hall–Kier alpha value is -1.20. The van der Waals surface area contributed by atoms with Crippen molar-refractivity contribution in [2.24, 2.45) is 0 Å². The van der Waals surface area contributed by atoms with E-state index in [4.69, 9.17) is 11.6 Å². The number of hydrogen-bond acceptors (Lipinski definition) is 2. The summed E-state index contributed by atoms with van der Waals surface area (Å²) < 4.78 is 1.18. The van der Waals surface area contributed by atoms with Gasteiger partial charge < -0.3 is 0 Å². The average Bonchev–Trinajstić information content (AvgIpc) is 2.39. The van der Waals surface area contributed by atoms with Gasteiger partial charge in [0.25, 0.3) is 0 Å². The number of hydrogen-bond donors (Lipinski definition) is 0. The molecule has 0 bridgehead atoms. The molecule has 0 aliphatic heterocycles. The van der Waals surface area contributed by atoms with E-state index in [2.05, 4.69) is 38.6 Å². The first kappa shape index (κ1) is 11.9. The lowest BCUT2D eigenvalue weighted by Gasteiger charge is -2.07. The van der Waals surface area contributed by atoms with Crippen LogP contribution in [0.3, 0.4) is 0 Å². The Morgan fingerprint density at radius 3 is 2.56 bits per heavy atom. The van der Waals surface area contributed by atoms with Crippen molar-refractivity contribution in [1.82, 2.24) is 9.97 Å². The van der Waals surface area contributed by atoms with Gasteiger partial charge >= 0.3 is 0 Å².